The fourth-order valence-electron chi connectivity index (χ4n) is 3.80. The van der Waals surface area contributed by atoms with Crippen molar-refractivity contribution in [2.24, 2.45) is 0 Å². The van der Waals surface area contributed by atoms with E-state index >= 15 is 0 Å². The number of hydrogen-bond acceptors (Lipinski definition) is 3. The molecule has 0 aliphatic rings. The number of rotatable bonds is 6. The van der Waals surface area contributed by atoms with Crippen LogP contribution in [-0.4, -0.2) is 26.7 Å². The van der Waals surface area contributed by atoms with Crippen molar-refractivity contribution in [2.75, 3.05) is 0 Å². The first-order chi connectivity index (χ1) is 13.7. The Morgan fingerprint density at radius 1 is 1.10 bits per heavy atom. The van der Waals surface area contributed by atoms with Gasteiger partial charge in [-0.1, -0.05) is 13.0 Å². The van der Waals surface area contributed by atoms with Gasteiger partial charge in [0.1, 0.15) is 0 Å². The molecule has 1 aromatic carbocycles. The van der Waals surface area contributed by atoms with Gasteiger partial charge in [0, 0.05) is 23.5 Å². The molecule has 5 heteroatoms. The highest BCUT2D eigenvalue weighted by Gasteiger charge is 2.18. The first-order valence-corrected chi connectivity index (χ1v) is 10.4. The van der Waals surface area contributed by atoms with Crippen LogP contribution in [0, 0.1) is 34.6 Å². The lowest BCUT2D eigenvalue weighted by Gasteiger charge is -2.14. The lowest BCUT2D eigenvalue weighted by molar-refractivity contribution is -0.121. The van der Waals surface area contributed by atoms with Crippen molar-refractivity contribution in [3.05, 3.63) is 51.8 Å². The van der Waals surface area contributed by atoms with Gasteiger partial charge in [0.05, 0.1) is 11.4 Å². The van der Waals surface area contributed by atoms with E-state index in [0.29, 0.717) is 12.8 Å². The predicted molar refractivity (Wildman–Crippen MR) is 119 cm³/mol. The highest BCUT2D eigenvalue weighted by atomic mass is 16.1. The molecule has 0 aliphatic heterocycles. The van der Waals surface area contributed by atoms with Crippen molar-refractivity contribution < 1.29 is 4.79 Å². The Labute approximate surface area is 173 Å². The molecular weight excluding hydrogens is 360 g/mol. The molecule has 0 radical (unpaired) electrons. The monoisotopic (exact) mass is 392 g/mol. The summed E-state index contributed by atoms with van der Waals surface area (Å²) in [5.41, 5.74) is 8.67. The molecule has 0 bridgehead atoms. The van der Waals surface area contributed by atoms with Crippen LogP contribution in [0.15, 0.2) is 18.2 Å². The third kappa shape index (κ3) is 4.19. The zero-order chi connectivity index (χ0) is 21.3. The number of pyridine rings is 1. The highest BCUT2D eigenvalue weighted by Crippen LogP contribution is 2.28. The molecule has 0 spiro atoms. The van der Waals surface area contributed by atoms with Crippen molar-refractivity contribution >= 4 is 16.9 Å². The molecule has 5 nitrogen and oxygen atoms in total. The topological polar surface area (TPSA) is 59.8 Å². The number of benzene rings is 1. The zero-order valence-electron chi connectivity index (χ0n) is 18.7. The minimum atomic E-state index is 0.0980. The van der Waals surface area contributed by atoms with Crippen LogP contribution in [0.1, 0.15) is 60.3 Å². The molecule has 1 N–H and O–H groups in total. The normalized spacial score (nSPS) is 12.4. The quantitative estimate of drug-likeness (QED) is 0.655. The fraction of sp³-hybridized carbons (Fsp3) is 0.458. The Morgan fingerprint density at radius 3 is 2.48 bits per heavy atom. The highest BCUT2D eigenvalue weighted by molar-refractivity contribution is 5.85. The maximum atomic E-state index is 12.2. The minimum absolute atomic E-state index is 0.0980. The van der Waals surface area contributed by atoms with Crippen LogP contribution >= 0.6 is 0 Å². The van der Waals surface area contributed by atoms with E-state index in [1.807, 2.05) is 25.5 Å². The maximum Gasteiger partial charge on any atom is 0.220 e. The summed E-state index contributed by atoms with van der Waals surface area (Å²) in [4.78, 5) is 17.1. The third-order valence-corrected chi connectivity index (χ3v) is 5.93. The summed E-state index contributed by atoms with van der Waals surface area (Å²) in [7, 11) is 0. The second-order valence-corrected chi connectivity index (χ2v) is 8.14. The smallest absolute Gasteiger partial charge is 0.220 e. The molecule has 0 saturated heterocycles. The molecule has 1 atom stereocenters. The largest absolute Gasteiger partial charge is 0.354 e. The first kappa shape index (κ1) is 21.0. The van der Waals surface area contributed by atoms with Gasteiger partial charge in [0.25, 0.3) is 0 Å². The lowest BCUT2D eigenvalue weighted by Crippen LogP contribution is -2.32. The first-order valence-electron chi connectivity index (χ1n) is 10.4. The fourth-order valence-corrected chi connectivity index (χ4v) is 3.80. The van der Waals surface area contributed by atoms with Crippen LogP contribution in [0.5, 0.6) is 0 Å². The van der Waals surface area contributed by atoms with Crippen molar-refractivity contribution in [3.63, 3.8) is 0 Å². The summed E-state index contributed by atoms with van der Waals surface area (Å²) >= 11 is 0. The number of fused-ring (bicyclic) bond motifs is 1. The Bertz CT molecular complexity index is 1060. The molecule has 0 aliphatic carbocycles. The van der Waals surface area contributed by atoms with Gasteiger partial charge in [0.2, 0.25) is 5.91 Å². The van der Waals surface area contributed by atoms with Crippen molar-refractivity contribution in [1.29, 1.82) is 0 Å². The van der Waals surface area contributed by atoms with E-state index in [1.165, 1.54) is 16.7 Å². The van der Waals surface area contributed by atoms with E-state index in [4.69, 9.17) is 10.1 Å². The molecule has 0 saturated carbocycles. The average Bonchev–Trinajstić information content (AvgIpc) is 2.99. The number of amides is 1. The Morgan fingerprint density at radius 2 is 1.83 bits per heavy atom. The van der Waals surface area contributed by atoms with E-state index < -0.39 is 0 Å². The zero-order valence-corrected chi connectivity index (χ0v) is 18.7. The Balaban J connectivity index is 1.98. The molecular formula is C24H32N4O. The number of carbonyl (C=O) groups excluding carboxylic acids is 1. The van der Waals surface area contributed by atoms with Gasteiger partial charge in [-0.3, -0.25) is 4.79 Å². The molecule has 29 heavy (non-hydrogen) atoms. The van der Waals surface area contributed by atoms with E-state index in [1.54, 1.807) is 0 Å². The number of carbonyl (C=O) groups is 1. The lowest BCUT2D eigenvalue weighted by atomic mass is 9.99. The molecule has 2 heterocycles. The van der Waals surface area contributed by atoms with Crippen LogP contribution in [0.3, 0.4) is 0 Å². The van der Waals surface area contributed by atoms with Crippen LogP contribution in [0.4, 0.5) is 0 Å². The Kier molecular flexibility index (Phi) is 6.06. The van der Waals surface area contributed by atoms with Gasteiger partial charge >= 0.3 is 0 Å². The summed E-state index contributed by atoms with van der Waals surface area (Å²) in [5, 5.41) is 8.93. The number of aryl methyl sites for hydroxylation is 5. The van der Waals surface area contributed by atoms with Gasteiger partial charge in [-0.2, -0.15) is 5.10 Å². The van der Waals surface area contributed by atoms with Crippen LogP contribution in [-0.2, 0) is 11.2 Å². The van der Waals surface area contributed by atoms with Crippen molar-refractivity contribution in [1.82, 2.24) is 20.1 Å². The molecule has 3 rings (SSSR count). The van der Waals surface area contributed by atoms with E-state index in [0.717, 1.165) is 40.1 Å². The summed E-state index contributed by atoms with van der Waals surface area (Å²) in [6, 6.07) is 6.58. The van der Waals surface area contributed by atoms with Crippen LogP contribution < -0.4 is 5.32 Å². The van der Waals surface area contributed by atoms with Crippen molar-refractivity contribution in [3.8, 4) is 5.69 Å². The minimum Gasteiger partial charge on any atom is -0.354 e. The predicted octanol–water partition coefficient (Wildman–Crippen LogP) is 4.81. The van der Waals surface area contributed by atoms with E-state index in [-0.39, 0.29) is 11.9 Å². The Hall–Kier alpha value is -2.69. The van der Waals surface area contributed by atoms with Gasteiger partial charge in [-0.25, -0.2) is 9.67 Å². The summed E-state index contributed by atoms with van der Waals surface area (Å²) < 4.78 is 1.94. The standard InChI is InChI=1S/C24H32N4O/c1-8-16(4)25-22(29)12-11-21-17(5)23-19(7)27-28(24(23)26-18(21)6)20-10-9-14(2)15(3)13-20/h9-10,13,16H,8,11-12H2,1-7H3,(H,25,29)/t16-/m1/s1. The second kappa shape index (κ2) is 8.36. The van der Waals surface area contributed by atoms with E-state index in [9.17, 15) is 4.79 Å². The maximum absolute atomic E-state index is 12.2. The molecule has 0 unspecified atom stereocenters. The molecule has 3 aromatic rings. The average molecular weight is 393 g/mol. The van der Waals surface area contributed by atoms with Gasteiger partial charge < -0.3 is 5.32 Å². The molecule has 0 fully saturated rings. The molecule has 2 aromatic heterocycles. The summed E-state index contributed by atoms with van der Waals surface area (Å²) in [5.74, 6) is 0.0980. The summed E-state index contributed by atoms with van der Waals surface area (Å²) in [6.07, 6.45) is 2.11. The number of aromatic nitrogens is 3. The van der Waals surface area contributed by atoms with Crippen LogP contribution in [0.2, 0.25) is 0 Å². The summed E-state index contributed by atoms with van der Waals surface area (Å²) in [6.45, 7) is 14.5. The van der Waals surface area contributed by atoms with Gasteiger partial charge in [-0.15, -0.1) is 0 Å². The van der Waals surface area contributed by atoms with Gasteiger partial charge in [-0.05, 0) is 88.8 Å². The molecule has 154 valence electrons. The number of nitrogens with zero attached hydrogens (tertiary/aromatic N) is 3. The third-order valence-electron chi connectivity index (χ3n) is 5.93. The SMILES string of the molecule is CC[C@@H](C)NC(=O)CCc1c(C)nc2c(c(C)nn2-c2ccc(C)c(C)c2)c1C. The number of nitrogens with one attached hydrogen (secondary N) is 1. The molecule has 1 amide bonds. The van der Waals surface area contributed by atoms with Crippen molar-refractivity contribution in [2.45, 2.75) is 73.8 Å². The second-order valence-electron chi connectivity index (χ2n) is 8.14. The number of hydrogen-bond donors (Lipinski definition) is 1. The van der Waals surface area contributed by atoms with E-state index in [2.05, 4.69) is 51.2 Å². The van der Waals surface area contributed by atoms with Crippen LogP contribution in [0.25, 0.3) is 16.7 Å². The van der Waals surface area contributed by atoms with Gasteiger partial charge in [0.15, 0.2) is 5.65 Å².